The first-order valence-corrected chi connectivity index (χ1v) is 19.1. The van der Waals surface area contributed by atoms with E-state index in [4.69, 9.17) is 9.47 Å². The van der Waals surface area contributed by atoms with Crippen LogP contribution in [0.5, 0.6) is 0 Å². The number of likely N-dealkylation sites (N-methyl/N-ethyl adjacent to an activating group) is 2. The van der Waals surface area contributed by atoms with Crippen LogP contribution in [-0.4, -0.2) is 119 Å². The molecule has 0 atom stereocenters. The van der Waals surface area contributed by atoms with E-state index in [1.165, 1.54) is 7.11 Å². The van der Waals surface area contributed by atoms with Gasteiger partial charge < -0.3 is 34.4 Å². The molecule has 1 fully saturated rings. The summed E-state index contributed by atoms with van der Waals surface area (Å²) in [6, 6.07) is 25.5. The quantitative estimate of drug-likeness (QED) is 0.129. The highest BCUT2D eigenvalue weighted by Crippen LogP contribution is 2.28. The van der Waals surface area contributed by atoms with E-state index in [-0.39, 0.29) is 30.4 Å². The second-order valence-electron chi connectivity index (χ2n) is 13.9. The Morgan fingerprint density at radius 1 is 0.741 bits per heavy atom. The minimum atomic E-state index is -0.434. The number of para-hydroxylation sites is 1. The van der Waals surface area contributed by atoms with Gasteiger partial charge in [-0.1, -0.05) is 55.0 Å². The maximum absolute atomic E-state index is 12.8. The van der Waals surface area contributed by atoms with Gasteiger partial charge in [-0.25, -0.2) is 4.79 Å². The molecule has 2 N–H and O–H groups in total. The number of carbonyl (C=O) groups is 4. The molecule has 54 heavy (non-hydrogen) atoms. The predicted octanol–water partition coefficient (Wildman–Crippen LogP) is 6.35. The normalized spacial score (nSPS) is 13.2. The van der Waals surface area contributed by atoms with E-state index >= 15 is 0 Å². The molecule has 3 aromatic carbocycles. The van der Waals surface area contributed by atoms with Crippen molar-refractivity contribution in [3.8, 4) is 11.1 Å². The fourth-order valence-corrected chi connectivity index (χ4v) is 6.36. The zero-order valence-electron chi connectivity index (χ0n) is 32.4. The van der Waals surface area contributed by atoms with Gasteiger partial charge in [0.15, 0.2) is 0 Å². The number of ether oxygens (including phenoxy) is 2. The molecule has 1 aliphatic rings. The molecule has 1 saturated heterocycles. The van der Waals surface area contributed by atoms with Crippen LogP contribution in [0.2, 0.25) is 0 Å². The molecule has 0 spiro atoms. The third-order valence-corrected chi connectivity index (χ3v) is 9.84. The lowest BCUT2D eigenvalue weighted by atomic mass is 10.0. The first-order chi connectivity index (χ1) is 26.1. The van der Waals surface area contributed by atoms with E-state index in [1.807, 2.05) is 90.8 Å². The molecule has 4 amide bonds. The second kappa shape index (κ2) is 22.3. The van der Waals surface area contributed by atoms with Gasteiger partial charge in [-0.3, -0.25) is 19.7 Å². The molecular formula is C42H58N6O6. The van der Waals surface area contributed by atoms with Gasteiger partial charge in [-0.15, -0.1) is 0 Å². The summed E-state index contributed by atoms with van der Waals surface area (Å²) in [6.07, 6.45) is 5.17. The number of amides is 4. The Bertz CT molecular complexity index is 1610. The number of anilines is 3. The minimum Gasteiger partial charge on any atom is -0.446 e. The first-order valence-electron chi connectivity index (χ1n) is 19.1. The van der Waals surface area contributed by atoms with Crippen molar-refractivity contribution in [1.29, 1.82) is 0 Å². The standard InChI is InChI=1S/C42H58N6O6/c1-45(41(51)32-53-4)27-13-19-40(50)47(3)35-22-20-34(21-23-35)43-26-12-6-9-18-39(49)46(2)30-31-48-28-24-36(25-29-48)54-42(52)44-38-17-11-10-16-37(38)33-14-7-5-8-15-33/h5,7-8,10-11,14-17,20-23,36,43H,6,9,12-13,18-19,24-32H2,1-4H3,(H,44,52). The van der Waals surface area contributed by atoms with Crippen molar-refractivity contribution < 1.29 is 28.7 Å². The van der Waals surface area contributed by atoms with Crippen LogP contribution in [0.25, 0.3) is 11.1 Å². The Morgan fingerprint density at radius 3 is 2.13 bits per heavy atom. The predicted molar refractivity (Wildman–Crippen MR) is 215 cm³/mol. The summed E-state index contributed by atoms with van der Waals surface area (Å²) < 4.78 is 10.6. The average Bonchev–Trinajstić information content (AvgIpc) is 3.19. The third-order valence-electron chi connectivity index (χ3n) is 9.84. The number of benzene rings is 3. The van der Waals surface area contributed by atoms with Gasteiger partial charge >= 0.3 is 6.09 Å². The van der Waals surface area contributed by atoms with Crippen LogP contribution in [0.15, 0.2) is 78.9 Å². The summed E-state index contributed by atoms with van der Waals surface area (Å²) in [5, 5.41) is 6.36. The molecule has 1 heterocycles. The Labute approximate surface area is 320 Å². The zero-order valence-corrected chi connectivity index (χ0v) is 32.4. The van der Waals surface area contributed by atoms with Gasteiger partial charge in [-0.2, -0.15) is 0 Å². The highest BCUT2D eigenvalue weighted by atomic mass is 16.6. The number of rotatable bonds is 20. The molecule has 0 bridgehead atoms. The van der Waals surface area contributed by atoms with E-state index in [9.17, 15) is 19.2 Å². The number of likely N-dealkylation sites (tertiary alicyclic amines) is 1. The number of piperidine rings is 1. The summed E-state index contributed by atoms with van der Waals surface area (Å²) >= 11 is 0. The van der Waals surface area contributed by atoms with Crippen molar-refractivity contribution >= 4 is 40.9 Å². The number of hydrogen-bond donors (Lipinski definition) is 2. The summed E-state index contributed by atoms with van der Waals surface area (Å²) in [6.45, 7) is 4.46. The summed E-state index contributed by atoms with van der Waals surface area (Å²) in [7, 11) is 6.84. The SMILES string of the molecule is COCC(=O)N(C)CCCC(=O)N(C)c1ccc(NCCCCCC(=O)N(C)CCN2CCC(OC(=O)Nc3ccccc3-c3ccccc3)CC2)cc1. The molecule has 0 aromatic heterocycles. The van der Waals surface area contributed by atoms with Crippen LogP contribution in [0.4, 0.5) is 21.9 Å². The van der Waals surface area contributed by atoms with Gasteiger partial charge in [0.25, 0.3) is 0 Å². The van der Waals surface area contributed by atoms with Crippen LogP contribution in [0, 0.1) is 0 Å². The Kier molecular flexibility index (Phi) is 17.3. The number of carbonyl (C=O) groups excluding carboxylic acids is 4. The summed E-state index contributed by atoms with van der Waals surface area (Å²) in [5.74, 6) is 0.0603. The maximum Gasteiger partial charge on any atom is 0.411 e. The third kappa shape index (κ3) is 13.8. The molecule has 0 unspecified atom stereocenters. The minimum absolute atomic E-state index is 0.00103. The van der Waals surface area contributed by atoms with E-state index in [2.05, 4.69) is 15.5 Å². The Hall–Kier alpha value is -4.94. The summed E-state index contributed by atoms with van der Waals surface area (Å²) in [5.41, 5.74) is 4.51. The number of nitrogens with one attached hydrogen (secondary N) is 2. The van der Waals surface area contributed by atoms with Crippen molar-refractivity contribution in [1.82, 2.24) is 14.7 Å². The maximum atomic E-state index is 12.8. The lowest BCUT2D eigenvalue weighted by Crippen LogP contribution is -2.42. The fourth-order valence-electron chi connectivity index (χ4n) is 6.36. The molecule has 292 valence electrons. The smallest absolute Gasteiger partial charge is 0.411 e. The molecule has 0 radical (unpaired) electrons. The molecule has 12 nitrogen and oxygen atoms in total. The number of methoxy groups -OCH3 is 1. The molecule has 0 saturated carbocycles. The van der Waals surface area contributed by atoms with Gasteiger partial charge in [0.1, 0.15) is 12.7 Å². The lowest BCUT2D eigenvalue weighted by Gasteiger charge is -2.32. The first kappa shape index (κ1) is 41.8. The van der Waals surface area contributed by atoms with Crippen molar-refractivity contribution in [3.63, 3.8) is 0 Å². The van der Waals surface area contributed by atoms with Crippen molar-refractivity contribution in [2.75, 3.05) is 89.7 Å². The van der Waals surface area contributed by atoms with Crippen molar-refractivity contribution in [2.24, 2.45) is 0 Å². The van der Waals surface area contributed by atoms with Crippen LogP contribution >= 0.6 is 0 Å². The monoisotopic (exact) mass is 742 g/mol. The van der Waals surface area contributed by atoms with Gasteiger partial charge in [0, 0.05) is 97.3 Å². The lowest BCUT2D eigenvalue weighted by molar-refractivity contribution is -0.134. The van der Waals surface area contributed by atoms with Crippen LogP contribution in [-0.2, 0) is 23.9 Å². The molecule has 4 rings (SSSR count). The fraction of sp³-hybridized carbons (Fsp3) is 0.476. The molecule has 1 aliphatic heterocycles. The van der Waals surface area contributed by atoms with Gasteiger partial charge in [-0.05, 0) is 68.0 Å². The average molecular weight is 743 g/mol. The van der Waals surface area contributed by atoms with E-state index in [0.717, 1.165) is 86.5 Å². The Balaban J connectivity index is 1.03. The summed E-state index contributed by atoms with van der Waals surface area (Å²) in [4.78, 5) is 57.3. The number of unbranched alkanes of at least 4 members (excludes halogenated alkanes) is 2. The topological polar surface area (TPSA) is 124 Å². The van der Waals surface area contributed by atoms with Crippen LogP contribution in [0.1, 0.15) is 51.4 Å². The van der Waals surface area contributed by atoms with E-state index in [1.54, 1.807) is 23.9 Å². The second-order valence-corrected chi connectivity index (χ2v) is 13.9. The van der Waals surface area contributed by atoms with Gasteiger partial charge in [0.2, 0.25) is 17.7 Å². The van der Waals surface area contributed by atoms with Gasteiger partial charge in [0.05, 0.1) is 5.69 Å². The zero-order chi connectivity index (χ0) is 38.7. The Morgan fingerprint density at radius 2 is 1.41 bits per heavy atom. The molecule has 3 aromatic rings. The number of nitrogens with zero attached hydrogens (tertiary/aromatic N) is 4. The molecule has 0 aliphatic carbocycles. The molecule has 12 heteroatoms. The van der Waals surface area contributed by atoms with E-state index < -0.39 is 6.09 Å². The van der Waals surface area contributed by atoms with Crippen LogP contribution < -0.4 is 15.5 Å². The molecular weight excluding hydrogens is 684 g/mol. The highest BCUT2D eigenvalue weighted by Gasteiger charge is 2.23. The van der Waals surface area contributed by atoms with Crippen molar-refractivity contribution in [2.45, 2.75) is 57.5 Å². The van der Waals surface area contributed by atoms with Crippen molar-refractivity contribution in [3.05, 3.63) is 78.9 Å². The number of hydrogen-bond acceptors (Lipinski definition) is 8. The van der Waals surface area contributed by atoms with Crippen LogP contribution in [0.3, 0.4) is 0 Å². The van der Waals surface area contributed by atoms with E-state index in [0.29, 0.717) is 32.4 Å². The highest BCUT2D eigenvalue weighted by molar-refractivity contribution is 5.93. The largest absolute Gasteiger partial charge is 0.446 e.